The number of hydrogen-bond donors (Lipinski definition) is 2. The molecular weight excluding hydrogens is 364 g/mol. The molecule has 0 aliphatic rings. The zero-order valence-corrected chi connectivity index (χ0v) is 15.1. The second-order valence-electron chi connectivity index (χ2n) is 6.02. The molecule has 0 spiro atoms. The van der Waals surface area contributed by atoms with Gasteiger partial charge in [0, 0.05) is 10.0 Å². The first-order valence-electron chi connectivity index (χ1n) is 6.83. The van der Waals surface area contributed by atoms with Gasteiger partial charge in [-0.05, 0) is 60.0 Å². The molecule has 4 nitrogen and oxygen atoms in total. The van der Waals surface area contributed by atoms with E-state index in [2.05, 4.69) is 25.4 Å². The van der Waals surface area contributed by atoms with Gasteiger partial charge in [0.05, 0.1) is 5.69 Å². The maximum Gasteiger partial charge on any atom is 0.299 e. The highest BCUT2D eigenvalue weighted by molar-refractivity contribution is 9.10. The molecule has 0 fully saturated rings. The third-order valence-electron chi connectivity index (χ3n) is 2.76. The lowest BCUT2D eigenvalue weighted by Crippen LogP contribution is -2.43. The van der Waals surface area contributed by atoms with E-state index in [0.29, 0.717) is 10.2 Å². The summed E-state index contributed by atoms with van der Waals surface area (Å²) >= 11 is 3.42. The van der Waals surface area contributed by atoms with Gasteiger partial charge in [0.25, 0.3) is 10.2 Å². The Balaban J connectivity index is 2.24. The first-order valence-corrected chi connectivity index (χ1v) is 9.11. The lowest BCUT2D eigenvalue weighted by Gasteiger charge is -2.21. The number of hydrogen-bond acceptors (Lipinski definition) is 2. The summed E-state index contributed by atoms with van der Waals surface area (Å²) in [5, 5.41) is 0. The zero-order chi connectivity index (χ0) is 16.4. The van der Waals surface area contributed by atoms with Crippen molar-refractivity contribution in [1.29, 1.82) is 0 Å². The van der Waals surface area contributed by atoms with Crippen LogP contribution in [0, 0.1) is 0 Å². The van der Waals surface area contributed by atoms with Crippen LogP contribution in [-0.4, -0.2) is 14.0 Å². The lowest BCUT2D eigenvalue weighted by atomic mass is 10.1. The van der Waals surface area contributed by atoms with Gasteiger partial charge in [0.1, 0.15) is 0 Å². The lowest BCUT2D eigenvalue weighted by molar-refractivity contribution is 0.494. The van der Waals surface area contributed by atoms with Crippen molar-refractivity contribution in [3.8, 4) is 11.1 Å². The van der Waals surface area contributed by atoms with Crippen LogP contribution in [0.1, 0.15) is 20.8 Å². The van der Waals surface area contributed by atoms with Crippen molar-refractivity contribution in [2.75, 3.05) is 4.72 Å². The number of anilines is 1. The molecule has 0 aromatic heterocycles. The molecule has 2 aromatic rings. The topological polar surface area (TPSA) is 58.2 Å². The van der Waals surface area contributed by atoms with E-state index in [1.54, 1.807) is 26.8 Å². The van der Waals surface area contributed by atoms with E-state index in [1.165, 1.54) is 0 Å². The summed E-state index contributed by atoms with van der Waals surface area (Å²) in [4.78, 5) is 0. The van der Waals surface area contributed by atoms with Crippen LogP contribution in [-0.2, 0) is 10.2 Å². The van der Waals surface area contributed by atoms with Gasteiger partial charge in [0.15, 0.2) is 0 Å². The van der Waals surface area contributed by atoms with Crippen molar-refractivity contribution in [2.24, 2.45) is 0 Å². The van der Waals surface area contributed by atoms with Crippen molar-refractivity contribution < 1.29 is 8.42 Å². The first-order chi connectivity index (χ1) is 10.2. The molecule has 2 aromatic carbocycles. The molecule has 22 heavy (non-hydrogen) atoms. The molecule has 6 heteroatoms. The standard InChI is InChI=1S/C16H19BrN2O2S/c1-16(2,3)19-22(20,21)18-15-10-9-13(11-14(15)17)12-7-5-4-6-8-12/h4-11,18-19H,1-3H3. The summed E-state index contributed by atoms with van der Waals surface area (Å²) < 4.78 is 29.9. The molecule has 0 heterocycles. The molecule has 0 bridgehead atoms. The fraction of sp³-hybridized carbons (Fsp3) is 0.250. The third-order valence-corrected chi connectivity index (χ3v) is 4.79. The van der Waals surface area contributed by atoms with E-state index in [1.807, 2.05) is 42.5 Å². The van der Waals surface area contributed by atoms with Crippen molar-refractivity contribution in [1.82, 2.24) is 4.72 Å². The highest BCUT2D eigenvalue weighted by Crippen LogP contribution is 2.29. The molecule has 2 rings (SSSR count). The van der Waals surface area contributed by atoms with Gasteiger partial charge in [-0.2, -0.15) is 13.1 Å². The largest absolute Gasteiger partial charge is 0.299 e. The second kappa shape index (κ2) is 6.40. The van der Waals surface area contributed by atoms with Crippen molar-refractivity contribution >= 4 is 31.8 Å². The fourth-order valence-corrected chi connectivity index (χ4v) is 3.92. The summed E-state index contributed by atoms with van der Waals surface area (Å²) in [5.74, 6) is 0. The Bertz CT molecular complexity index is 753. The number of benzene rings is 2. The predicted octanol–water partition coefficient (Wildman–Crippen LogP) is 4.16. The Morgan fingerprint density at radius 1 is 0.955 bits per heavy atom. The number of nitrogens with one attached hydrogen (secondary N) is 2. The molecule has 0 aliphatic heterocycles. The van der Waals surface area contributed by atoms with Gasteiger partial charge in [-0.3, -0.25) is 4.72 Å². The van der Waals surface area contributed by atoms with Gasteiger partial charge in [-0.15, -0.1) is 0 Å². The van der Waals surface area contributed by atoms with Crippen LogP contribution in [0.5, 0.6) is 0 Å². The summed E-state index contributed by atoms with van der Waals surface area (Å²) in [6.45, 7) is 5.37. The highest BCUT2D eigenvalue weighted by atomic mass is 79.9. The molecule has 0 saturated carbocycles. The van der Waals surface area contributed by atoms with Crippen molar-refractivity contribution in [2.45, 2.75) is 26.3 Å². The van der Waals surface area contributed by atoms with E-state index in [0.717, 1.165) is 11.1 Å². The molecular formula is C16H19BrN2O2S. The highest BCUT2D eigenvalue weighted by Gasteiger charge is 2.20. The van der Waals surface area contributed by atoms with E-state index < -0.39 is 15.7 Å². The zero-order valence-electron chi connectivity index (χ0n) is 12.7. The van der Waals surface area contributed by atoms with Crippen LogP contribution >= 0.6 is 15.9 Å². The van der Waals surface area contributed by atoms with E-state index in [-0.39, 0.29) is 0 Å². The fourth-order valence-electron chi connectivity index (χ4n) is 1.98. The van der Waals surface area contributed by atoms with Gasteiger partial charge in [-0.25, -0.2) is 0 Å². The molecule has 0 atom stereocenters. The normalized spacial score (nSPS) is 12.2. The van der Waals surface area contributed by atoms with Crippen LogP contribution in [0.15, 0.2) is 53.0 Å². The van der Waals surface area contributed by atoms with Crippen LogP contribution in [0.4, 0.5) is 5.69 Å². The van der Waals surface area contributed by atoms with Crippen LogP contribution in [0.25, 0.3) is 11.1 Å². The Kier molecular flexibility index (Phi) is 4.94. The Morgan fingerprint density at radius 2 is 1.59 bits per heavy atom. The van der Waals surface area contributed by atoms with Gasteiger partial charge < -0.3 is 0 Å². The maximum atomic E-state index is 12.1. The summed E-state index contributed by atoms with van der Waals surface area (Å²) in [7, 11) is -3.62. The summed E-state index contributed by atoms with van der Waals surface area (Å²) in [5.41, 5.74) is 2.04. The van der Waals surface area contributed by atoms with Crippen LogP contribution < -0.4 is 9.44 Å². The Hall–Kier alpha value is -1.37. The van der Waals surface area contributed by atoms with Crippen LogP contribution in [0.3, 0.4) is 0 Å². The van der Waals surface area contributed by atoms with Gasteiger partial charge in [0.2, 0.25) is 0 Å². The van der Waals surface area contributed by atoms with E-state index in [9.17, 15) is 8.42 Å². The third kappa shape index (κ3) is 4.83. The minimum Gasteiger partial charge on any atom is -0.270 e. The Morgan fingerprint density at radius 3 is 2.14 bits per heavy atom. The second-order valence-corrected chi connectivity index (χ2v) is 8.29. The van der Waals surface area contributed by atoms with Crippen molar-refractivity contribution in [3.63, 3.8) is 0 Å². The number of rotatable bonds is 4. The molecule has 0 amide bonds. The monoisotopic (exact) mass is 382 g/mol. The Labute approximate surface area is 140 Å². The predicted molar refractivity (Wildman–Crippen MR) is 95.0 cm³/mol. The van der Waals surface area contributed by atoms with Crippen molar-refractivity contribution in [3.05, 3.63) is 53.0 Å². The molecule has 0 saturated heterocycles. The smallest absolute Gasteiger partial charge is 0.270 e. The first kappa shape index (κ1) is 17.0. The van der Waals surface area contributed by atoms with E-state index in [4.69, 9.17) is 0 Å². The number of halogens is 1. The molecule has 118 valence electrons. The molecule has 0 radical (unpaired) electrons. The average Bonchev–Trinajstić information content (AvgIpc) is 2.39. The average molecular weight is 383 g/mol. The summed E-state index contributed by atoms with van der Waals surface area (Å²) in [6.07, 6.45) is 0. The minimum atomic E-state index is -3.62. The van der Waals surface area contributed by atoms with Gasteiger partial charge >= 0.3 is 0 Å². The molecule has 2 N–H and O–H groups in total. The quantitative estimate of drug-likeness (QED) is 0.833. The minimum absolute atomic E-state index is 0.497. The SMILES string of the molecule is CC(C)(C)NS(=O)(=O)Nc1ccc(-c2ccccc2)cc1Br. The maximum absolute atomic E-state index is 12.1. The van der Waals surface area contributed by atoms with Crippen LogP contribution in [0.2, 0.25) is 0 Å². The van der Waals surface area contributed by atoms with E-state index >= 15 is 0 Å². The van der Waals surface area contributed by atoms with Gasteiger partial charge in [-0.1, -0.05) is 36.4 Å². The molecule has 0 unspecified atom stereocenters. The summed E-state index contributed by atoms with van der Waals surface area (Å²) in [6, 6.07) is 15.4. The molecule has 0 aliphatic carbocycles.